The number of nitrogens with one attached hydrogen (secondary N) is 1. The van der Waals surface area contributed by atoms with E-state index in [9.17, 15) is 18.5 Å². The average Bonchev–Trinajstić information content (AvgIpc) is 2.52. The quantitative estimate of drug-likeness (QED) is 0.479. The van der Waals surface area contributed by atoms with Crippen LogP contribution in [-0.4, -0.2) is 19.9 Å². The number of aryl methyl sites for hydroxylation is 2. The highest BCUT2D eigenvalue weighted by atomic mass is 32.2. The van der Waals surface area contributed by atoms with Crippen LogP contribution >= 0.6 is 0 Å². The van der Waals surface area contributed by atoms with Crippen LogP contribution in [0.25, 0.3) is 0 Å². The summed E-state index contributed by atoms with van der Waals surface area (Å²) in [5.41, 5.74) is 2.08. The molecular weight excluding hydrogens is 316 g/mol. The summed E-state index contributed by atoms with van der Waals surface area (Å²) in [6.07, 6.45) is 1.41. The van der Waals surface area contributed by atoms with Crippen molar-refractivity contribution in [1.29, 1.82) is 0 Å². The minimum absolute atomic E-state index is 0.0951. The Morgan fingerprint density at radius 1 is 1.13 bits per heavy atom. The van der Waals surface area contributed by atoms with E-state index >= 15 is 0 Å². The Kier molecular flexibility index (Phi) is 5.46. The van der Waals surface area contributed by atoms with Gasteiger partial charge in [0.1, 0.15) is 0 Å². The maximum absolute atomic E-state index is 12.1. The molecule has 0 aliphatic heterocycles. The van der Waals surface area contributed by atoms with E-state index in [1.807, 2.05) is 25.1 Å². The molecule has 1 N–H and O–H groups in total. The standard InChI is InChI=1S/C16H18N2O4S/c1-13-5-2-6-14(11-13)7-4-10-17-23(21,22)16-9-3-8-15(12-16)18(19)20/h2-3,5-6,8-9,11-12,17H,4,7,10H2,1H3. The van der Waals surface area contributed by atoms with Crippen LogP contribution in [0.1, 0.15) is 17.5 Å². The first-order valence-corrected chi connectivity index (χ1v) is 8.66. The van der Waals surface area contributed by atoms with Gasteiger partial charge in [0.2, 0.25) is 10.0 Å². The van der Waals surface area contributed by atoms with Crippen LogP contribution in [0.5, 0.6) is 0 Å². The second-order valence-electron chi connectivity index (χ2n) is 5.24. The molecule has 0 fully saturated rings. The van der Waals surface area contributed by atoms with Crippen LogP contribution in [0.4, 0.5) is 5.69 Å². The van der Waals surface area contributed by atoms with Crippen molar-refractivity contribution in [3.05, 3.63) is 69.8 Å². The van der Waals surface area contributed by atoms with E-state index in [1.165, 1.54) is 23.8 Å². The summed E-state index contributed by atoms with van der Waals surface area (Å²) in [5.74, 6) is 0. The molecule has 0 spiro atoms. The van der Waals surface area contributed by atoms with Gasteiger partial charge < -0.3 is 0 Å². The summed E-state index contributed by atoms with van der Waals surface area (Å²) in [5, 5.41) is 10.7. The summed E-state index contributed by atoms with van der Waals surface area (Å²) < 4.78 is 26.8. The van der Waals surface area contributed by atoms with Gasteiger partial charge in [-0.05, 0) is 31.4 Å². The van der Waals surface area contributed by atoms with Crippen molar-refractivity contribution in [3.63, 3.8) is 0 Å². The Balaban J connectivity index is 1.94. The molecule has 6 nitrogen and oxygen atoms in total. The SMILES string of the molecule is Cc1cccc(CCCNS(=O)(=O)c2cccc([N+](=O)[O-])c2)c1. The molecule has 2 aromatic rings. The number of nitro benzene ring substituents is 1. The van der Waals surface area contributed by atoms with Crippen LogP contribution in [0, 0.1) is 17.0 Å². The molecule has 0 aliphatic carbocycles. The Morgan fingerprint density at radius 3 is 2.57 bits per heavy atom. The van der Waals surface area contributed by atoms with E-state index < -0.39 is 14.9 Å². The normalized spacial score (nSPS) is 11.3. The zero-order valence-electron chi connectivity index (χ0n) is 12.7. The maximum atomic E-state index is 12.1. The molecule has 0 amide bonds. The van der Waals surface area contributed by atoms with Crippen molar-refractivity contribution in [3.8, 4) is 0 Å². The molecule has 23 heavy (non-hydrogen) atoms. The number of non-ortho nitro benzene ring substituents is 1. The third kappa shape index (κ3) is 4.87. The topological polar surface area (TPSA) is 89.3 Å². The van der Waals surface area contributed by atoms with Gasteiger partial charge >= 0.3 is 0 Å². The fourth-order valence-electron chi connectivity index (χ4n) is 2.21. The molecule has 0 saturated heterocycles. The van der Waals surface area contributed by atoms with Crippen molar-refractivity contribution in [2.24, 2.45) is 0 Å². The minimum Gasteiger partial charge on any atom is -0.258 e. The lowest BCUT2D eigenvalue weighted by Gasteiger charge is -2.07. The predicted octanol–water partition coefficient (Wildman–Crippen LogP) is 2.81. The highest BCUT2D eigenvalue weighted by molar-refractivity contribution is 7.89. The number of hydrogen-bond acceptors (Lipinski definition) is 4. The number of sulfonamides is 1. The summed E-state index contributed by atoms with van der Waals surface area (Å²) in [6.45, 7) is 2.29. The Bertz CT molecular complexity index is 803. The molecule has 0 heterocycles. The van der Waals surface area contributed by atoms with Crippen molar-refractivity contribution in [1.82, 2.24) is 4.72 Å². The number of benzene rings is 2. The van der Waals surface area contributed by atoms with Gasteiger partial charge in [0, 0.05) is 18.7 Å². The van der Waals surface area contributed by atoms with E-state index in [0.29, 0.717) is 6.42 Å². The summed E-state index contributed by atoms with van der Waals surface area (Å²) in [7, 11) is -3.73. The molecule has 2 rings (SSSR count). The van der Waals surface area contributed by atoms with Crippen molar-refractivity contribution < 1.29 is 13.3 Å². The monoisotopic (exact) mass is 334 g/mol. The first kappa shape index (κ1) is 17.1. The molecule has 7 heteroatoms. The van der Waals surface area contributed by atoms with Crippen molar-refractivity contribution in [2.45, 2.75) is 24.7 Å². The van der Waals surface area contributed by atoms with E-state index in [2.05, 4.69) is 10.8 Å². The maximum Gasteiger partial charge on any atom is 0.270 e. The number of nitrogens with zero attached hydrogens (tertiary/aromatic N) is 1. The fraction of sp³-hybridized carbons (Fsp3) is 0.250. The smallest absolute Gasteiger partial charge is 0.258 e. The first-order valence-electron chi connectivity index (χ1n) is 7.18. The lowest BCUT2D eigenvalue weighted by molar-refractivity contribution is -0.385. The van der Waals surface area contributed by atoms with Crippen LogP contribution in [0.3, 0.4) is 0 Å². The second-order valence-corrected chi connectivity index (χ2v) is 7.01. The Labute approximate surface area is 135 Å². The first-order chi connectivity index (χ1) is 10.9. The molecule has 122 valence electrons. The molecule has 0 radical (unpaired) electrons. The Morgan fingerprint density at radius 2 is 1.87 bits per heavy atom. The summed E-state index contributed by atoms with van der Waals surface area (Å²) in [6, 6.07) is 13.1. The largest absolute Gasteiger partial charge is 0.270 e. The van der Waals surface area contributed by atoms with Crippen LogP contribution in [-0.2, 0) is 16.4 Å². The highest BCUT2D eigenvalue weighted by Crippen LogP contribution is 2.17. The van der Waals surface area contributed by atoms with E-state index in [4.69, 9.17) is 0 Å². The molecule has 0 aliphatic rings. The van der Waals surface area contributed by atoms with Gasteiger partial charge in [-0.3, -0.25) is 10.1 Å². The van der Waals surface area contributed by atoms with Gasteiger partial charge in [-0.25, -0.2) is 13.1 Å². The molecule has 0 bridgehead atoms. The minimum atomic E-state index is -3.73. The van der Waals surface area contributed by atoms with Gasteiger partial charge in [0.15, 0.2) is 0 Å². The van der Waals surface area contributed by atoms with Gasteiger partial charge in [-0.15, -0.1) is 0 Å². The Hall–Kier alpha value is -2.25. The lowest BCUT2D eigenvalue weighted by atomic mass is 10.1. The van der Waals surface area contributed by atoms with Gasteiger partial charge in [-0.2, -0.15) is 0 Å². The van der Waals surface area contributed by atoms with Crippen LogP contribution < -0.4 is 4.72 Å². The number of hydrogen-bond donors (Lipinski definition) is 1. The van der Waals surface area contributed by atoms with E-state index in [-0.39, 0.29) is 17.1 Å². The average molecular weight is 334 g/mol. The van der Waals surface area contributed by atoms with Gasteiger partial charge in [-0.1, -0.05) is 35.9 Å². The van der Waals surface area contributed by atoms with Crippen molar-refractivity contribution >= 4 is 15.7 Å². The molecule has 0 aromatic heterocycles. The molecule has 2 aromatic carbocycles. The van der Waals surface area contributed by atoms with Gasteiger partial charge in [0.05, 0.1) is 9.82 Å². The summed E-state index contributed by atoms with van der Waals surface area (Å²) >= 11 is 0. The van der Waals surface area contributed by atoms with Crippen molar-refractivity contribution in [2.75, 3.05) is 6.54 Å². The predicted molar refractivity (Wildman–Crippen MR) is 87.8 cm³/mol. The van der Waals surface area contributed by atoms with Gasteiger partial charge in [0.25, 0.3) is 5.69 Å². The fourth-order valence-corrected chi connectivity index (χ4v) is 3.33. The van der Waals surface area contributed by atoms with Crippen LogP contribution in [0.2, 0.25) is 0 Å². The zero-order valence-corrected chi connectivity index (χ0v) is 13.5. The third-order valence-electron chi connectivity index (χ3n) is 3.36. The molecule has 0 atom stereocenters. The van der Waals surface area contributed by atoms with E-state index in [1.54, 1.807) is 0 Å². The van der Waals surface area contributed by atoms with E-state index in [0.717, 1.165) is 18.1 Å². The molecule has 0 unspecified atom stereocenters. The third-order valence-corrected chi connectivity index (χ3v) is 4.81. The zero-order chi connectivity index (χ0) is 16.9. The second kappa shape index (κ2) is 7.34. The summed E-state index contributed by atoms with van der Waals surface area (Å²) in [4.78, 5) is 10.0. The van der Waals surface area contributed by atoms with Crippen LogP contribution in [0.15, 0.2) is 53.4 Å². The molecule has 0 saturated carbocycles. The number of nitro groups is 1. The molecular formula is C16H18N2O4S. The lowest BCUT2D eigenvalue weighted by Crippen LogP contribution is -2.25. The highest BCUT2D eigenvalue weighted by Gasteiger charge is 2.16. The number of rotatable bonds is 7.